The SMILES string of the molecule is CNC(=O)c1ccc(CN(C)[C@H](C)C(=O)N[C@@H]2CCC[C@H](C)[C@H]2C)cc1. The number of amides is 2. The molecule has 144 valence electrons. The molecule has 1 aliphatic rings. The van der Waals surface area contributed by atoms with Crippen LogP contribution in [0.1, 0.15) is 56.0 Å². The zero-order valence-corrected chi connectivity index (χ0v) is 16.7. The molecule has 4 atom stereocenters. The lowest BCUT2D eigenvalue weighted by Crippen LogP contribution is -2.50. The molecule has 0 radical (unpaired) electrons. The number of carbonyl (C=O) groups is 2. The van der Waals surface area contributed by atoms with Gasteiger partial charge in [0.05, 0.1) is 6.04 Å². The van der Waals surface area contributed by atoms with Crippen molar-refractivity contribution in [2.24, 2.45) is 11.8 Å². The fourth-order valence-corrected chi connectivity index (χ4v) is 3.62. The Bertz CT molecular complexity index is 614. The van der Waals surface area contributed by atoms with Gasteiger partial charge in [0.25, 0.3) is 5.91 Å². The van der Waals surface area contributed by atoms with Crippen LogP contribution < -0.4 is 10.6 Å². The quantitative estimate of drug-likeness (QED) is 0.821. The number of hydrogen-bond acceptors (Lipinski definition) is 3. The molecular formula is C21H33N3O2. The molecule has 0 spiro atoms. The topological polar surface area (TPSA) is 61.4 Å². The van der Waals surface area contributed by atoms with Crippen LogP contribution >= 0.6 is 0 Å². The lowest BCUT2D eigenvalue weighted by Gasteiger charge is -2.36. The molecule has 0 aliphatic heterocycles. The van der Waals surface area contributed by atoms with E-state index in [1.165, 1.54) is 12.8 Å². The molecule has 0 bridgehead atoms. The molecule has 1 aromatic rings. The predicted molar refractivity (Wildman–Crippen MR) is 105 cm³/mol. The Morgan fingerprint density at radius 1 is 1.19 bits per heavy atom. The zero-order chi connectivity index (χ0) is 19.3. The van der Waals surface area contributed by atoms with Crippen molar-refractivity contribution in [1.82, 2.24) is 15.5 Å². The first kappa shape index (κ1) is 20.4. The van der Waals surface area contributed by atoms with Crippen LogP contribution in [0.4, 0.5) is 0 Å². The molecular weight excluding hydrogens is 326 g/mol. The molecule has 1 saturated carbocycles. The van der Waals surface area contributed by atoms with Crippen LogP contribution in [0.25, 0.3) is 0 Å². The van der Waals surface area contributed by atoms with Crippen LogP contribution in [-0.4, -0.2) is 42.9 Å². The first-order valence-electron chi connectivity index (χ1n) is 9.65. The molecule has 1 aliphatic carbocycles. The van der Waals surface area contributed by atoms with E-state index in [0.29, 0.717) is 23.9 Å². The van der Waals surface area contributed by atoms with E-state index in [1.807, 2.05) is 43.1 Å². The van der Waals surface area contributed by atoms with Crippen molar-refractivity contribution in [2.75, 3.05) is 14.1 Å². The van der Waals surface area contributed by atoms with E-state index in [4.69, 9.17) is 0 Å². The predicted octanol–water partition coefficient (Wildman–Crippen LogP) is 2.81. The molecule has 5 nitrogen and oxygen atoms in total. The first-order chi connectivity index (χ1) is 12.3. The van der Waals surface area contributed by atoms with Crippen LogP contribution in [0.5, 0.6) is 0 Å². The van der Waals surface area contributed by atoms with Crippen molar-refractivity contribution in [3.8, 4) is 0 Å². The van der Waals surface area contributed by atoms with Crippen LogP contribution in [0.2, 0.25) is 0 Å². The molecule has 0 aromatic heterocycles. The van der Waals surface area contributed by atoms with Crippen LogP contribution in [-0.2, 0) is 11.3 Å². The summed E-state index contributed by atoms with van der Waals surface area (Å²) in [5.74, 6) is 1.21. The zero-order valence-electron chi connectivity index (χ0n) is 16.7. The van der Waals surface area contributed by atoms with Gasteiger partial charge in [-0.3, -0.25) is 14.5 Å². The number of nitrogens with zero attached hydrogens (tertiary/aromatic N) is 1. The average molecular weight is 360 g/mol. The van der Waals surface area contributed by atoms with E-state index in [-0.39, 0.29) is 23.9 Å². The molecule has 1 fully saturated rings. The summed E-state index contributed by atoms with van der Waals surface area (Å²) >= 11 is 0. The summed E-state index contributed by atoms with van der Waals surface area (Å²) in [7, 11) is 3.59. The maximum Gasteiger partial charge on any atom is 0.251 e. The van der Waals surface area contributed by atoms with Gasteiger partial charge in [-0.1, -0.05) is 38.8 Å². The van der Waals surface area contributed by atoms with Gasteiger partial charge in [0.15, 0.2) is 0 Å². The molecule has 2 N–H and O–H groups in total. The van der Waals surface area contributed by atoms with Crippen LogP contribution in [0.15, 0.2) is 24.3 Å². The van der Waals surface area contributed by atoms with Crippen molar-refractivity contribution in [3.05, 3.63) is 35.4 Å². The van der Waals surface area contributed by atoms with Gasteiger partial charge in [-0.2, -0.15) is 0 Å². The minimum Gasteiger partial charge on any atom is -0.355 e. The van der Waals surface area contributed by atoms with Gasteiger partial charge >= 0.3 is 0 Å². The molecule has 2 amide bonds. The number of benzene rings is 1. The second kappa shape index (κ2) is 9.17. The summed E-state index contributed by atoms with van der Waals surface area (Å²) in [6.07, 6.45) is 3.53. The fraction of sp³-hybridized carbons (Fsp3) is 0.619. The first-order valence-corrected chi connectivity index (χ1v) is 9.65. The van der Waals surface area contributed by atoms with E-state index in [2.05, 4.69) is 24.5 Å². The summed E-state index contributed by atoms with van der Waals surface area (Å²) in [5.41, 5.74) is 1.73. The smallest absolute Gasteiger partial charge is 0.251 e. The standard InChI is InChI=1S/C21H33N3O2/c1-14-7-6-8-19(15(14)2)23-20(25)16(3)24(5)13-17-9-11-18(12-10-17)21(26)22-4/h9-12,14-16,19H,6-8,13H2,1-5H3,(H,22,26)(H,23,25)/t14-,15+,16+,19+/m0/s1. The van der Waals surface area contributed by atoms with E-state index < -0.39 is 0 Å². The Balaban J connectivity index is 1.90. The number of carbonyl (C=O) groups excluding carboxylic acids is 2. The molecule has 26 heavy (non-hydrogen) atoms. The van der Waals surface area contributed by atoms with Gasteiger partial charge < -0.3 is 10.6 Å². The number of nitrogens with one attached hydrogen (secondary N) is 2. The number of hydrogen-bond donors (Lipinski definition) is 2. The normalized spacial score (nSPS) is 24.2. The number of rotatable bonds is 6. The van der Waals surface area contributed by atoms with Crippen molar-refractivity contribution in [3.63, 3.8) is 0 Å². The van der Waals surface area contributed by atoms with E-state index in [1.54, 1.807) is 7.05 Å². The monoisotopic (exact) mass is 359 g/mol. The van der Waals surface area contributed by atoms with Crippen LogP contribution in [0, 0.1) is 11.8 Å². The summed E-state index contributed by atoms with van der Waals surface area (Å²) in [4.78, 5) is 26.3. The van der Waals surface area contributed by atoms with E-state index in [9.17, 15) is 9.59 Å². The highest BCUT2D eigenvalue weighted by Gasteiger charge is 2.30. The Morgan fingerprint density at radius 3 is 2.46 bits per heavy atom. The summed E-state index contributed by atoms with van der Waals surface area (Å²) < 4.78 is 0. The molecule has 1 aromatic carbocycles. The highest BCUT2D eigenvalue weighted by atomic mass is 16.2. The van der Waals surface area contributed by atoms with Gasteiger partial charge in [-0.25, -0.2) is 0 Å². The Hall–Kier alpha value is -1.88. The van der Waals surface area contributed by atoms with Crippen molar-refractivity contribution >= 4 is 11.8 Å². The van der Waals surface area contributed by atoms with E-state index >= 15 is 0 Å². The molecule has 5 heteroatoms. The maximum atomic E-state index is 12.7. The third kappa shape index (κ3) is 5.07. The van der Waals surface area contributed by atoms with Gasteiger partial charge in [0.1, 0.15) is 0 Å². The summed E-state index contributed by atoms with van der Waals surface area (Å²) in [6.45, 7) is 7.14. The van der Waals surface area contributed by atoms with Crippen molar-refractivity contribution < 1.29 is 9.59 Å². The van der Waals surface area contributed by atoms with Gasteiger partial charge in [0, 0.05) is 25.2 Å². The Morgan fingerprint density at radius 2 is 1.85 bits per heavy atom. The minimum absolute atomic E-state index is 0.0894. The van der Waals surface area contributed by atoms with E-state index in [0.717, 1.165) is 12.0 Å². The summed E-state index contributed by atoms with van der Waals surface area (Å²) in [6, 6.07) is 7.61. The van der Waals surface area contributed by atoms with Crippen LogP contribution in [0.3, 0.4) is 0 Å². The highest BCUT2D eigenvalue weighted by molar-refractivity contribution is 5.93. The summed E-state index contributed by atoms with van der Waals surface area (Å²) in [5, 5.41) is 5.88. The van der Waals surface area contributed by atoms with Gasteiger partial charge in [-0.05, 0) is 49.9 Å². The van der Waals surface area contributed by atoms with Crippen molar-refractivity contribution in [1.29, 1.82) is 0 Å². The number of likely N-dealkylation sites (N-methyl/N-ethyl adjacent to an activating group) is 1. The Labute approximate surface area is 157 Å². The fourth-order valence-electron chi connectivity index (χ4n) is 3.62. The second-order valence-corrected chi connectivity index (χ2v) is 7.75. The molecule has 0 unspecified atom stereocenters. The highest BCUT2D eigenvalue weighted by Crippen LogP contribution is 2.29. The average Bonchev–Trinajstić information content (AvgIpc) is 2.64. The molecule has 0 heterocycles. The second-order valence-electron chi connectivity index (χ2n) is 7.75. The largest absolute Gasteiger partial charge is 0.355 e. The third-order valence-corrected chi connectivity index (χ3v) is 5.95. The Kier molecular flexibility index (Phi) is 7.21. The lowest BCUT2D eigenvalue weighted by atomic mass is 9.78. The van der Waals surface area contributed by atoms with Gasteiger partial charge in [-0.15, -0.1) is 0 Å². The van der Waals surface area contributed by atoms with Crippen molar-refractivity contribution in [2.45, 2.75) is 58.7 Å². The van der Waals surface area contributed by atoms with Gasteiger partial charge in [0.2, 0.25) is 5.91 Å². The third-order valence-electron chi connectivity index (χ3n) is 5.95. The maximum absolute atomic E-state index is 12.7. The molecule has 0 saturated heterocycles. The lowest BCUT2D eigenvalue weighted by molar-refractivity contribution is -0.127. The molecule has 2 rings (SSSR count). The minimum atomic E-state index is -0.196.